The van der Waals surface area contributed by atoms with Gasteiger partial charge in [0.2, 0.25) is 0 Å². The van der Waals surface area contributed by atoms with E-state index in [9.17, 15) is 4.79 Å². The number of ether oxygens (including phenoxy) is 1. The molecule has 4 nitrogen and oxygen atoms in total. The van der Waals surface area contributed by atoms with E-state index in [1.807, 2.05) is 0 Å². The molecule has 1 aromatic rings. The molecule has 0 aliphatic rings. The van der Waals surface area contributed by atoms with Crippen molar-refractivity contribution in [2.24, 2.45) is 5.16 Å². The van der Waals surface area contributed by atoms with Crippen LogP contribution in [0.4, 0.5) is 0 Å². The van der Waals surface area contributed by atoms with Gasteiger partial charge < -0.3 is 9.94 Å². The van der Waals surface area contributed by atoms with Crippen molar-refractivity contribution in [1.29, 1.82) is 0 Å². The predicted octanol–water partition coefficient (Wildman–Crippen LogP) is 1.70. The van der Waals surface area contributed by atoms with Crippen molar-refractivity contribution in [3.05, 3.63) is 35.4 Å². The summed E-state index contributed by atoms with van der Waals surface area (Å²) in [6.07, 6.45) is 1.28. The normalized spacial score (nSPS) is 9.50. The molecule has 0 aromatic heterocycles. The third-order valence-electron chi connectivity index (χ3n) is 1.54. The number of halogens is 1. The Morgan fingerprint density at radius 1 is 1.43 bits per heavy atom. The van der Waals surface area contributed by atoms with Crippen molar-refractivity contribution >= 4 is 24.6 Å². The van der Waals surface area contributed by atoms with Gasteiger partial charge in [0.05, 0.1) is 18.9 Å². The molecule has 1 rings (SSSR count). The molecule has 0 spiro atoms. The minimum absolute atomic E-state index is 0. The van der Waals surface area contributed by atoms with E-state index in [0.717, 1.165) is 5.56 Å². The molecule has 1 aromatic carbocycles. The second-order valence-corrected chi connectivity index (χ2v) is 2.36. The Kier molecular flexibility index (Phi) is 5.33. The maximum absolute atomic E-state index is 11.0. The van der Waals surface area contributed by atoms with Crippen LogP contribution in [0.2, 0.25) is 0 Å². The van der Waals surface area contributed by atoms with E-state index >= 15 is 0 Å². The second-order valence-electron chi connectivity index (χ2n) is 2.36. The zero-order valence-corrected chi connectivity index (χ0v) is 8.32. The molecular weight excluding hydrogens is 206 g/mol. The lowest BCUT2D eigenvalue weighted by molar-refractivity contribution is 0.0601. The SMILES string of the molecule is COC(=O)c1ccc(/C=N/O)cc1.Cl. The first-order valence-electron chi connectivity index (χ1n) is 3.63. The van der Waals surface area contributed by atoms with E-state index in [2.05, 4.69) is 9.89 Å². The summed E-state index contributed by atoms with van der Waals surface area (Å²) in [5.41, 5.74) is 1.19. The monoisotopic (exact) mass is 215 g/mol. The molecule has 76 valence electrons. The summed E-state index contributed by atoms with van der Waals surface area (Å²) in [7, 11) is 1.32. The summed E-state index contributed by atoms with van der Waals surface area (Å²) in [4.78, 5) is 11.0. The number of esters is 1. The first kappa shape index (κ1) is 12.4. The summed E-state index contributed by atoms with van der Waals surface area (Å²) >= 11 is 0. The van der Waals surface area contributed by atoms with Gasteiger partial charge in [-0.25, -0.2) is 4.79 Å². The number of rotatable bonds is 2. The zero-order chi connectivity index (χ0) is 9.68. The molecule has 0 amide bonds. The van der Waals surface area contributed by atoms with Gasteiger partial charge >= 0.3 is 5.97 Å². The Balaban J connectivity index is 0.00000169. The van der Waals surface area contributed by atoms with E-state index in [0.29, 0.717) is 5.56 Å². The molecule has 1 N–H and O–H groups in total. The topological polar surface area (TPSA) is 58.9 Å². The van der Waals surface area contributed by atoms with E-state index in [1.165, 1.54) is 13.3 Å². The van der Waals surface area contributed by atoms with Crippen LogP contribution >= 0.6 is 12.4 Å². The van der Waals surface area contributed by atoms with Crippen LogP contribution in [0.1, 0.15) is 15.9 Å². The van der Waals surface area contributed by atoms with E-state index in [4.69, 9.17) is 5.21 Å². The van der Waals surface area contributed by atoms with Gasteiger partial charge in [-0.1, -0.05) is 17.3 Å². The van der Waals surface area contributed by atoms with Gasteiger partial charge in [0.15, 0.2) is 0 Å². The molecule has 0 fully saturated rings. The molecule has 0 saturated carbocycles. The summed E-state index contributed by atoms with van der Waals surface area (Å²) in [5, 5.41) is 11.1. The van der Waals surface area contributed by atoms with Crippen molar-refractivity contribution in [2.45, 2.75) is 0 Å². The van der Waals surface area contributed by atoms with Crippen LogP contribution in [-0.2, 0) is 4.74 Å². The van der Waals surface area contributed by atoms with Crippen molar-refractivity contribution < 1.29 is 14.7 Å². The van der Waals surface area contributed by atoms with Crippen molar-refractivity contribution in [1.82, 2.24) is 0 Å². The van der Waals surface area contributed by atoms with Crippen LogP contribution in [0.25, 0.3) is 0 Å². The minimum atomic E-state index is -0.382. The van der Waals surface area contributed by atoms with Crippen molar-refractivity contribution in [3.8, 4) is 0 Å². The quantitative estimate of drug-likeness (QED) is 0.354. The van der Waals surface area contributed by atoms with Crippen LogP contribution < -0.4 is 0 Å². The Hall–Kier alpha value is -1.55. The predicted molar refractivity (Wildman–Crippen MR) is 54.4 cm³/mol. The largest absolute Gasteiger partial charge is 0.465 e. The number of benzene rings is 1. The van der Waals surface area contributed by atoms with Crippen LogP contribution in [0.3, 0.4) is 0 Å². The first-order chi connectivity index (χ1) is 6.27. The lowest BCUT2D eigenvalue weighted by Crippen LogP contribution is -2.00. The lowest BCUT2D eigenvalue weighted by Gasteiger charge is -1.98. The molecule has 0 bridgehead atoms. The van der Waals surface area contributed by atoms with Gasteiger partial charge in [0.1, 0.15) is 0 Å². The summed E-state index contributed by atoms with van der Waals surface area (Å²) in [6.45, 7) is 0. The Labute approximate surface area is 87.6 Å². The average molecular weight is 216 g/mol. The van der Waals surface area contributed by atoms with Gasteiger partial charge in [-0.05, 0) is 17.7 Å². The third-order valence-corrected chi connectivity index (χ3v) is 1.54. The van der Waals surface area contributed by atoms with Crippen molar-refractivity contribution in [2.75, 3.05) is 7.11 Å². The zero-order valence-electron chi connectivity index (χ0n) is 7.51. The highest BCUT2D eigenvalue weighted by Crippen LogP contribution is 2.03. The first-order valence-corrected chi connectivity index (χ1v) is 3.63. The number of carbonyl (C=O) groups is 1. The van der Waals surface area contributed by atoms with Crippen LogP contribution in [0.15, 0.2) is 29.4 Å². The molecule has 0 aliphatic carbocycles. The lowest BCUT2D eigenvalue weighted by atomic mass is 10.1. The van der Waals surface area contributed by atoms with E-state index in [1.54, 1.807) is 24.3 Å². The Bertz CT molecular complexity index is 321. The highest BCUT2D eigenvalue weighted by molar-refractivity contribution is 5.90. The fraction of sp³-hybridized carbons (Fsp3) is 0.111. The fourth-order valence-corrected chi connectivity index (χ4v) is 0.890. The van der Waals surface area contributed by atoms with Gasteiger partial charge in [-0.3, -0.25) is 0 Å². The standard InChI is InChI=1S/C9H9NO3.ClH/c1-13-9(11)8-4-2-7(3-5-8)6-10-12;/h2-6,12H,1H3;1H/b10-6+;. The Morgan fingerprint density at radius 3 is 2.43 bits per heavy atom. The molecular formula is C9H10ClNO3. The van der Waals surface area contributed by atoms with E-state index in [-0.39, 0.29) is 18.4 Å². The third kappa shape index (κ3) is 3.06. The van der Waals surface area contributed by atoms with Gasteiger partial charge in [0.25, 0.3) is 0 Å². The average Bonchev–Trinajstić information content (AvgIpc) is 2.18. The molecule has 5 heteroatoms. The minimum Gasteiger partial charge on any atom is -0.465 e. The van der Waals surface area contributed by atoms with Crippen LogP contribution in [-0.4, -0.2) is 24.5 Å². The number of oxime groups is 1. The van der Waals surface area contributed by atoms with E-state index < -0.39 is 0 Å². The van der Waals surface area contributed by atoms with Gasteiger partial charge in [0, 0.05) is 0 Å². The number of hydrogen-bond donors (Lipinski definition) is 1. The summed E-state index contributed by atoms with van der Waals surface area (Å²) in [5.74, 6) is -0.382. The summed E-state index contributed by atoms with van der Waals surface area (Å²) < 4.78 is 4.51. The van der Waals surface area contributed by atoms with Crippen LogP contribution in [0, 0.1) is 0 Å². The highest BCUT2D eigenvalue weighted by atomic mass is 35.5. The number of nitrogens with zero attached hydrogens (tertiary/aromatic N) is 1. The number of carbonyl (C=O) groups excluding carboxylic acids is 1. The summed E-state index contributed by atoms with van der Waals surface area (Å²) in [6, 6.07) is 6.52. The molecule has 0 atom stereocenters. The molecule has 14 heavy (non-hydrogen) atoms. The maximum Gasteiger partial charge on any atom is 0.337 e. The Morgan fingerprint density at radius 2 is 2.00 bits per heavy atom. The smallest absolute Gasteiger partial charge is 0.337 e. The molecule has 0 unspecified atom stereocenters. The number of hydrogen-bond acceptors (Lipinski definition) is 4. The second kappa shape index (κ2) is 5.99. The van der Waals surface area contributed by atoms with Gasteiger partial charge in [-0.2, -0.15) is 0 Å². The number of methoxy groups -OCH3 is 1. The molecule has 0 saturated heterocycles. The molecule has 0 heterocycles. The van der Waals surface area contributed by atoms with Gasteiger partial charge in [-0.15, -0.1) is 12.4 Å². The molecule has 0 radical (unpaired) electrons. The van der Waals surface area contributed by atoms with Crippen LogP contribution in [0.5, 0.6) is 0 Å². The maximum atomic E-state index is 11.0. The fourth-order valence-electron chi connectivity index (χ4n) is 0.890. The highest BCUT2D eigenvalue weighted by Gasteiger charge is 2.02. The molecule has 0 aliphatic heterocycles. The van der Waals surface area contributed by atoms with Crippen molar-refractivity contribution in [3.63, 3.8) is 0 Å².